The first-order valence-electron chi connectivity index (χ1n) is 6.82. The van der Waals surface area contributed by atoms with Crippen LogP contribution in [0.4, 0.5) is 5.69 Å². The van der Waals surface area contributed by atoms with E-state index in [9.17, 15) is 14.4 Å². The molecule has 0 saturated carbocycles. The normalized spacial score (nSPS) is 18.3. The minimum absolute atomic E-state index is 0.00612. The number of amides is 2. The van der Waals surface area contributed by atoms with Crippen LogP contribution in [0.3, 0.4) is 0 Å². The Balaban J connectivity index is 2.05. The summed E-state index contributed by atoms with van der Waals surface area (Å²) in [6.07, 6.45) is 1.03. The van der Waals surface area contributed by atoms with Crippen LogP contribution >= 0.6 is 11.8 Å². The van der Waals surface area contributed by atoms with E-state index in [-0.39, 0.29) is 24.7 Å². The van der Waals surface area contributed by atoms with Crippen molar-refractivity contribution in [1.82, 2.24) is 0 Å². The molecule has 1 unspecified atom stereocenters. The molecular formula is C15H17NO4S. The van der Waals surface area contributed by atoms with Crippen LogP contribution in [0, 0.1) is 0 Å². The highest BCUT2D eigenvalue weighted by Gasteiger charge is 2.39. The zero-order chi connectivity index (χ0) is 15.4. The second kappa shape index (κ2) is 6.76. The van der Waals surface area contributed by atoms with E-state index >= 15 is 0 Å². The number of hydrogen-bond donors (Lipinski definition) is 1. The maximum Gasteiger partial charge on any atom is 0.304 e. The third-order valence-electron chi connectivity index (χ3n) is 3.34. The molecule has 1 N–H and O–H groups in total. The van der Waals surface area contributed by atoms with Crippen LogP contribution in [0.25, 0.3) is 0 Å². The van der Waals surface area contributed by atoms with E-state index in [1.54, 1.807) is 12.1 Å². The summed E-state index contributed by atoms with van der Waals surface area (Å²) in [5, 5.41) is 8.14. The number of carbonyl (C=O) groups excluding carboxylic acids is 2. The predicted molar refractivity (Wildman–Crippen MR) is 81.4 cm³/mol. The summed E-state index contributed by atoms with van der Waals surface area (Å²) in [4.78, 5) is 36.0. The Bertz CT molecular complexity index is 555. The molecule has 1 heterocycles. The molecule has 1 aliphatic rings. The largest absolute Gasteiger partial charge is 0.481 e. The topological polar surface area (TPSA) is 74.7 Å². The van der Waals surface area contributed by atoms with Crippen molar-refractivity contribution in [2.24, 2.45) is 0 Å². The summed E-state index contributed by atoms with van der Waals surface area (Å²) in [5.41, 5.74) is 1.73. The van der Waals surface area contributed by atoms with Crippen molar-refractivity contribution in [3.05, 3.63) is 29.8 Å². The first kappa shape index (κ1) is 15.6. The van der Waals surface area contributed by atoms with Crippen molar-refractivity contribution in [2.45, 2.75) is 31.4 Å². The Morgan fingerprint density at radius 2 is 2.00 bits per heavy atom. The summed E-state index contributed by atoms with van der Waals surface area (Å²) < 4.78 is 0. The standard InChI is InChI=1S/C15H17NO4S/c1-2-10-3-5-11(6-4-10)16-13(17)9-12(15(16)20)21-8-7-14(18)19/h3-6,12H,2,7-9H2,1H3,(H,18,19). The second-order valence-corrected chi connectivity index (χ2v) is 6.11. The lowest BCUT2D eigenvalue weighted by Crippen LogP contribution is -2.31. The van der Waals surface area contributed by atoms with Crippen LogP contribution in [0.2, 0.25) is 0 Å². The SMILES string of the molecule is CCc1ccc(N2C(=O)CC(SCCC(=O)O)C2=O)cc1. The van der Waals surface area contributed by atoms with Gasteiger partial charge in [0.2, 0.25) is 11.8 Å². The molecule has 0 bridgehead atoms. The van der Waals surface area contributed by atoms with Gasteiger partial charge in [0.15, 0.2) is 0 Å². The van der Waals surface area contributed by atoms with Crippen molar-refractivity contribution in [1.29, 1.82) is 0 Å². The fourth-order valence-corrected chi connectivity index (χ4v) is 3.26. The van der Waals surface area contributed by atoms with E-state index in [2.05, 4.69) is 0 Å². The Kier molecular flexibility index (Phi) is 5.01. The quantitative estimate of drug-likeness (QED) is 0.815. The van der Waals surface area contributed by atoms with Gasteiger partial charge in [-0.1, -0.05) is 19.1 Å². The average molecular weight is 307 g/mol. The van der Waals surface area contributed by atoms with E-state index in [1.807, 2.05) is 19.1 Å². The van der Waals surface area contributed by atoms with Crippen LogP contribution in [-0.2, 0) is 20.8 Å². The van der Waals surface area contributed by atoms with Crippen LogP contribution in [0.1, 0.15) is 25.3 Å². The number of aryl methyl sites for hydroxylation is 1. The molecule has 0 spiro atoms. The summed E-state index contributed by atoms with van der Waals surface area (Å²) in [5.74, 6) is -1.04. The number of aliphatic carboxylic acids is 1. The maximum atomic E-state index is 12.3. The van der Waals surface area contributed by atoms with Gasteiger partial charge in [0.1, 0.15) is 0 Å². The Labute approximate surface area is 127 Å². The van der Waals surface area contributed by atoms with Crippen molar-refractivity contribution in [2.75, 3.05) is 10.7 Å². The van der Waals surface area contributed by atoms with Crippen molar-refractivity contribution in [3.63, 3.8) is 0 Å². The Hall–Kier alpha value is -1.82. The summed E-state index contributed by atoms with van der Waals surface area (Å²) in [7, 11) is 0. The molecular weight excluding hydrogens is 290 g/mol. The fourth-order valence-electron chi connectivity index (χ4n) is 2.17. The van der Waals surface area contributed by atoms with Crippen molar-refractivity contribution < 1.29 is 19.5 Å². The number of carboxylic acid groups (broad SMARTS) is 1. The Morgan fingerprint density at radius 3 is 2.57 bits per heavy atom. The van der Waals surface area contributed by atoms with E-state index in [4.69, 9.17) is 5.11 Å². The number of carboxylic acids is 1. The molecule has 1 saturated heterocycles. The molecule has 5 nitrogen and oxygen atoms in total. The van der Waals surface area contributed by atoms with Crippen LogP contribution < -0.4 is 4.90 Å². The molecule has 112 valence electrons. The number of hydrogen-bond acceptors (Lipinski definition) is 4. The molecule has 2 rings (SSSR count). The van der Waals surface area contributed by atoms with Gasteiger partial charge in [-0.2, -0.15) is 0 Å². The smallest absolute Gasteiger partial charge is 0.304 e. The minimum atomic E-state index is -0.897. The van der Waals surface area contributed by atoms with Gasteiger partial charge in [0.25, 0.3) is 0 Å². The van der Waals surface area contributed by atoms with E-state index in [0.29, 0.717) is 11.4 Å². The number of rotatable bonds is 6. The highest BCUT2D eigenvalue weighted by molar-refractivity contribution is 8.00. The third kappa shape index (κ3) is 3.64. The molecule has 0 aliphatic carbocycles. The highest BCUT2D eigenvalue weighted by Crippen LogP contribution is 2.30. The number of benzene rings is 1. The van der Waals surface area contributed by atoms with Crippen LogP contribution in [-0.4, -0.2) is 33.9 Å². The summed E-state index contributed by atoms with van der Waals surface area (Å²) >= 11 is 1.24. The van der Waals surface area contributed by atoms with Gasteiger partial charge in [-0.25, -0.2) is 4.90 Å². The Morgan fingerprint density at radius 1 is 1.33 bits per heavy atom. The molecule has 1 fully saturated rings. The van der Waals surface area contributed by atoms with Gasteiger partial charge in [-0.05, 0) is 24.1 Å². The van der Waals surface area contributed by atoms with Gasteiger partial charge >= 0.3 is 5.97 Å². The molecule has 1 aliphatic heterocycles. The number of carbonyl (C=O) groups is 3. The van der Waals surface area contributed by atoms with Gasteiger partial charge in [0.05, 0.1) is 17.4 Å². The maximum absolute atomic E-state index is 12.3. The summed E-state index contributed by atoms with van der Waals surface area (Å²) in [6.45, 7) is 2.04. The molecule has 21 heavy (non-hydrogen) atoms. The van der Waals surface area contributed by atoms with Crippen LogP contribution in [0.5, 0.6) is 0 Å². The molecule has 2 amide bonds. The van der Waals surface area contributed by atoms with Gasteiger partial charge < -0.3 is 5.11 Å². The monoisotopic (exact) mass is 307 g/mol. The van der Waals surface area contributed by atoms with Crippen LogP contribution in [0.15, 0.2) is 24.3 Å². The lowest BCUT2D eigenvalue weighted by Gasteiger charge is -2.15. The number of nitrogens with zero attached hydrogens (tertiary/aromatic N) is 1. The van der Waals surface area contributed by atoms with E-state index in [1.165, 1.54) is 16.7 Å². The van der Waals surface area contributed by atoms with Gasteiger partial charge in [-0.3, -0.25) is 14.4 Å². The molecule has 0 radical (unpaired) electrons. The average Bonchev–Trinajstić information content (AvgIpc) is 2.73. The minimum Gasteiger partial charge on any atom is -0.481 e. The molecule has 0 aromatic heterocycles. The van der Waals surface area contributed by atoms with E-state index < -0.39 is 11.2 Å². The molecule has 6 heteroatoms. The van der Waals surface area contributed by atoms with Crippen molar-refractivity contribution >= 4 is 35.2 Å². The number of anilines is 1. The zero-order valence-corrected chi connectivity index (χ0v) is 12.6. The van der Waals surface area contributed by atoms with Gasteiger partial charge in [-0.15, -0.1) is 11.8 Å². The predicted octanol–water partition coefficient (Wildman–Crippen LogP) is 2.09. The molecule has 1 aromatic rings. The zero-order valence-electron chi connectivity index (χ0n) is 11.7. The number of imide groups is 1. The summed E-state index contributed by atoms with van der Waals surface area (Å²) in [6, 6.07) is 7.36. The highest BCUT2D eigenvalue weighted by atomic mass is 32.2. The lowest BCUT2D eigenvalue weighted by molar-refractivity contribution is -0.136. The van der Waals surface area contributed by atoms with E-state index in [0.717, 1.165) is 12.0 Å². The number of thioether (sulfide) groups is 1. The second-order valence-electron chi connectivity index (χ2n) is 4.79. The van der Waals surface area contributed by atoms with Crippen molar-refractivity contribution in [3.8, 4) is 0 Å². The fraction of sp³-hybridized carbons (Fsp3) is 0.400. The third-order valence-corrected chi connectivity index (χ3v) is 4.55. The first-order valence-corrected chi connectivity index (χ1v) is 7.87. The molecule has 1 atom stereocenters. The lowest BCUT2D eigenvalue weighted by atomic mass is 10.1. The first-order chi connectivity index (χ1) is 10.0. The van der Waals surface area contributed by atoms with Gasteiger partial charge in [0, 0.05) is 12.2 Å². The molecule has 1 aromatic carbocycles.